The van der Waals surface area contributed by atoms with Crippen LogP contribution in [0.4, 0.5) is 0 Å². The first-order chi connectivity index (χ1) is 3.83. The van der Waals surface area contributed by atoms with Gasteiger partial charge in [0.1, 0.15) is 0 Å². The number of hydrogen-bond donors (Lipinski definition) is 0. The summed E-state index contributed by atoms with van der Waals surface area (Å²) in [5, 5.41) is 0. The zero-order valence-electron chi connectivity index (χ0n) is 5.43. The Hall–Kier alpha value is 0.170. The van der Waals surface area contributed by atoms with Crippen molar-refractivity contribution in [1.29, 1.82) is 0 Å². The largest absolute Gasteiger partial charge is 0.109 e. The molecule has 0 N–H and O–H groups in total. The fraction of sp³-hybridized carbons (Fsp3) is 0.857. The predicted molar refractivity (Wildman–Crippen MR) is 40.8 cm³/mol. The van der Waals surface area contributed by atoms with Crippen molar-refractivity contribution in [2.24, 2.45) is 5.92 Å². The second kappa shape index (κ2) is 2.64. The van der Waals surface area contributed by atoms with Crippen LogP contribution in [0.5, 0.6) is 0 Å². The van der Waals surface area contributed by atoms with Crippen LogP contribution in [0.1, 0.15) is 26.2 Å². The van der Waals surface area contributed by atoms with Crippen LogP contribution < -0.4 is 0 Å². The lowest BCUT2D eigenvalue weighted by Gasteiger charge is -1.97. The van der Waals surface area contributed by atoms with E-state index in [4.69, 9.17) is 0 Å². The van der Waals surface area contributed by atoms with Gasteiger partial charge in [-0.15, -0.1) is 8.20 Å². The van der Waals surface area contributed by atoms with Gasteiger partial charge in [-0.3, -0.25) is 0 Å². The van der Waals surface area contributed by atoms with Gasteiger partial charge >= 0.3 is 0 Å². The highest BCUT2D eigenvalue weighted by atomic mass is 31.1. The summed E-state index contributed by atoms with van der Waals surface area (Å²) in [5.41, 5.74) is 0.935. The van der Waals surface area contributed by atoms with Crippen LogP contribution in [-0.2, 0) is 0 Å². The Labute approximate surface area is 53.1 Å². The van der Waals surface area contributed by atoms with E-state index in [1.807, 2.05) is 0 Å². The molecule has 0 aromatic carbocycles. The van der Waals surface area contributed by atoms with Crippen LogP contribution in [0, 0.1) is 5.92 Å². The second-order valence-corrected chi connectivity index (χ2v) is 3.85. The van der Waals surface area contributed by atoms with Gasteiger partial charge in [0.05, 0.1) is 0 Å². The van der Waals surface area contributed by atoms with Gasteiger partial charge in [0.2, 0.25) is 0 Å². The van der Waals surface area contributed by atoms with E-state index in [2.05, 4.69) is 13.2 Å². The van der Waals surface area contributed by atoms with Crippen molar-refractivity contribution in [3.63, 3.8) is 0 Å². The van der Waals surface area contributed by atoms with Crippen LogP contribution in [0.3, 0.4) is 0 Å². The zero-order valence-corrected chi connectivity index (χ0v) is 6.32. The maximum absolute atomic E-state index is 3.87. The summed E-state index contributed by atoms with van der Waals surface area (Å²) in [7, 11) is 1.37. The summed E-state index contributed by atoms with van der Waals surface area (Å²) < 4.78 is 0. The second-order valence-electron chi connectivity index (χ2n) is 2.75. The third-order valence-corrected chi connectivity index (χ3v) is 2.91. The minimum atomic E-state index is 0.935. The van der Waals surface area contributed by atoms with Gasteiger partial charge in [0.25, 0.3) is 0 Å². The van der Waals surface area contributed by atoms with Crippen molar-refractivity contribution < 1.29 is 0 Å². The monoisotopic (exact) mass is 128 g/mol. The third kappa shape index (κ3) is 1.32. The Bertz CT molecular complexity index is 88.4. The Kier molecular flexibility index (Phi) is 2.08. The molecule has 0 aromatic rings. The number of rotatable bonds is 1. The molecule has 1 saturated carbocycles. The zero-order chi connectivity index (χ0) is 5.98. The molecule has 0 amide bonds. The molecule has 0 aliphatic heterocycles. The molecule has 0 radical (unpaired) electrons. The summed E-state index contributed by atoms with van der Waals surface area (Å²) in [4.78, 5) is 0. The first kappa shape index (κ1) is 6.29. The normalized spacial score (nSPS) is 38.6. The van der Waals surface area contributed by atoms with E-state index in [0.29, 0.717) is 0 Å². The minimum absolute atomic E-state index is 0.935. The van der Waals surface area contributed by atoms with Gasteiger partial charge in [0.15, 0.2) is 0 Å². The highest BCUT2D eigenvalue weighted by Crippen LogP contribution is 2.31. The highest BCUT2D eigenvalue weighted by molar-refractivity contribution is 7.37. The molecule has 1 aliphatic rings. The Morgan fingerprint density at radius 3 is 2.50 bits per heavy atom. The standard InChI is InChI=1S/C7H13P/c1-6-3-4-7(5-6)8-2/h6-7H,2-5H2,1H3. The molecule has 0 spiro atoms. The highest BCUT2D eigenvalue weighted by Gasteiger charge is 2.18. The fourth-order valence-corrected chi connectivity index (χ4v) is 2.18. The molecule has 0 bridgehead atoms. The van der Waals surface area contributed by atoms with Crippen LogP contribution in [0.15, 0.2) is 0 Å². The Balaban J connectivity index is 2.32. The molecule has 1 fully saturated rings. The van der Waals surface area contributed by atoms with Crippen molar-refractivity contribution in [3.05, 3.63) is 0 Å². The summed E-state index contributed by atoms with van der Waals surface area (Å²) >= 11 is 0. The first-order valence-corrected chi connectivity index (χ1v) is 4.43. The van der Waals surface area contributed by atoms with Crippen molar-refractivity contribution in [1.82, 2.24) is 0 Å². The Morgan fingerprint density at radius 1 is 1.50 bits per heavy atom. The molecule has 2 unspecified atom stereocenters. The molecule has 1 rings (SSSR count). The van der Waals surface area contributed by atoms with Crippen molar-refractivity contribution in [2.75, 3.05) is 0 Å². The van der Waals surface area contributed by atoms with Crippen LogP contribution in [0.2, 0.25) is 0 Å². The van der Waals surface area contributed by atoms with E-state index in [0.717, 1.165) is 11.6 Å². The molecule has 0 heterocycles. The molecule has 0 aromatic heterocycles. The van der Waals surface area contributed by atoms with Crippen molar-refractivity contribution in [3.8, 4) is 0 Å². The maximum atomic E-state index is 3.87. The molecule has 8 heavy (non-hydrogen) atoms. The van der Waals surface area contributed by atoms with E-state index >= 15 is 0 Å². The summed E-state index contributed by atoms with van der Waals surface area (Å²) in [6, 6.07) is 0. The average Bonchev–Trinajstić information content (AvgIpc) is 2.14. The van der Waals surface area contributed by atoms with E-state index < -0.39 is 0 Å². The average molecular weight is 128 g/mol. The van der Waals surface area contributed by atoms with Crippen LogP contribution in [-0.4, -0.2) is 12.0 Å². The molecule has 0 nitrogen and oxygen atoms in total. The predicted octanol–water partition coefficient (Wildman–Crippen LogP) is 2.55. The van der Waals surface area contributed by atoms with Crippen LogP contribution >= 0.6 is 8.20 Å². The minimum Gasteiger partial charge on any atom is -0.109 e. The van der Waals surface area contributed by atoms with Gasteiger partial charge < -0.3 is 0 Å². The van der Waals surface area contributed by atoms with Gasteiger partial charge in [-0.25, -0.2) is 0 Å². The topological polar surface area (TPSA) is 0 Å². The Morgan fingerprint density at radius 2 is 2.25 bits per heavy atom. The molecule has 2 atom stereocenters. The van der Waals surface area contributed by atoms with E-state index in [1.165, 1.54) is 27.5 Å². The lowest BCUT2D eigenvalue weighted by Crippen LogP contribution is -1.88. The molecular formula is C7H13P. The van der Waals surface area contributed by atoms with E-state index in [-0.39, 0.29) is 0 Å². The molecule has 1 aliphatic carbocycles. The van der Waals surface area contributed by atoms with Crippen LogP contribution in [0.25, 0.3) is 0 Å². The molecule has 1 heteroatoms. The van der Waals surface area contributed by atoms with Crippen molar-refractivity contribution >= 4 is 14.5 Å². The number of hydrogen-bond acceptors (Lipinski definition) is 0. The van der Waals surface area contributed by atoms with E-state index in [9.17, 15) is 0 Å². The smallest absolute Gasteiger partial charge is 0.000578 e. The molecule has 46 valence electrons. The van der Waals surface area contributed by atoms with Crippen molar-refractivity contribution in [2.45, 2.75) is 31.8 Å². The lowest BCUT2D eigenvalue weighted by molar-refractivity contribution is 0.613. The van der Waals surface area contributed by atoms with Gasteiger partial charge in [0, 0.05) is 5.66 Å². The third-order valence-electron chi connectivity index (χ3n) is 1.93. The van der Waals surface area contributed by atoms with Gasteiger partial charge in [-0.1, -0.05) is 13.2 Å². The lowest BCUT2D eigenvalue weighted by atomic mass is 10.1. The van der Waals surface area contributed by atoms with Gasteiger partial charge in [-0.05, 0) is 25.2 Å². The molecule has 0 saturated heterocycles. The quantitative estimate of drug-likeness (QED) is 0.476. The van der Waals surface area contributed by atoms with Gasteiger partial charge in [-0.2, -0.15) is 0 Å². The first-order valence-electron chi connectivity index (χ1n) is 3.28. The molecular weight excluding hydrogens is 115 g/mol. The summed E-state index contributed by atoms with van der Waals surface area (Å²) in [6.45, 7) is 2.34. The fourth-order valence-electron chi connectivity index (χ4n) is 1.34. The maximum Gasteiger partial charge on any atom is 0.000578 e. The SMILES string of the molecule is C=PC1CCC(C)C1. The van der Waals surface area contributed by atoms with E-state index in [1.54, 1.807) is 0 Å². The summed E-state index contributed by atoms with van der Waals surface area (Å²) in [6.07, 6.45) is 8.16. The summed E-state index contributed by atoms with van der Waals surface area (Å²) in [5.74, 6) is 0.981.